The molecule has 0 aromatic heterocycles. The third-order valence-electron chi connectivity index (χ3n) is 8.02. The molecule has 43 heavy (non-hydrogen) atoms. The Labute approximate surface area is 247 Å². The van der Waals surface area contributed by atoms with E-state index >= 15 is 0 Å². The first-order chi connectivity index (χ1) is 20.5. The fourth-order valence-corrected chi connectivity index (χ4v) is 6.28. The molecule has 10 nitrogen and oxygen atoms in total. The van der Waals surface area contributed by atoms with Crippen molar-refractivity contribution in [2.45, 2.75) is 58.3 Å². The fourth-order valence-electron chi connectivity index (χ4n) is 6.28. The van der Waals surface area contributed by atoms with Gasteiger partial charge in [0, 0.05) is 55.9 Å². The Morgan fingerprint density at radius 2 is 1.40 bits per heavy atom. The number of carbonyl (C=O) groups excluding carboxylic acids is 5. The first-order valence-corrected chi connectivity index (χ1v) is 13.8. The van der Waals surface area contributed by atoms with Gasteiger partial charge in [-0.1, -0.05) is 54.6 Å². The van der Waals surface area contributed by atoms with Crippen molar-refractivity contribution in [3.63, 3.8) is 0 Å². The quantitative estimate of drug-likeness (QED) is 0.196. The van der Waals surface area contributed by atoms with Crippen LogP contribution in [-0.4, -0.2) is 48.3 Å². The lowest BCUT2D eigenvalue weighted by atomic mass is 9.66. The molecule has 11 heteroatoms. The maximum atomic E-state index is 14.0. The van der Waals surface area contributed by atoms with Gasteiger partial charge in [0.05, 0.1) is 22.8 Å². The van der Waals surface area contributed by atoms with Crippen molar-refractivity contribution in [1.29, 1.82) is 0 Å². The van der Waals surface area contributed by atoms with Gasteiger partial charge in [0.25, 0.3) is 0 Å². The van der Waals surface area contributed by atoms with E-state index in [1.54, 1.807) is 19.1 Å². The molecule has 1 fully saturated rings. The Kier molecular flexibility index (Phi) is 7.02. The lowest BCUT2D eigenvalue weighted by molar-refractivity contribution is -0.171. The molecule has 0 spiro atoms. The smallest absolute Gasteiger partial charge is 0.460 e. The highest BCUT2D eigenvalue weighted by molar-refractivity contribution is 6.61. The number of rotatable bonds is 5. The molecule has 0 radical (unpaired) electrons. The predicted octanol–water partition coefficient (Wildman–Crippen LogP) is 3.43. The number of carbonyl (C=O) groups is 5. The Morgan fingerprint density at radius 1 is 0.837 bits per heavy atom. The molecule has 6 rings (SSSR count). The lowest BCUT2D eigenvalue weighted by Gasteiger charge is -2.51. The van der Waals surface area contributed by atoms with E-state index < -0.39 is 54.4 Å². The number of benzene rings is 3. The Bertz CT molecular complexity index is 1710. The number of fused-ring (bicyclic) bond motifs is 6. The van der Waals surface area contributed by atoms with Gasteiger partial charge in [-0.05, 0) is 12.4 Å². The molecule has 1 heterocycles. The number of hydrogen-bond donors (Lipinski definition) is 0. The lowest BCUT2D eigenvalue weighted by Crippen LogP contribution is -2.61. The van der Waals surface area contributed by atoms with Crippen LogP contribution in [0.4, 0.5) is 0 Å². The molecule has 218 valence electrons. The molecule has 2 bridgehead atoms. The molecule has 3 aromatic carbocycles. The SMILES string of the molecule is CC(=O)Oc1c2c(c(OC(C)=O)c3c1C(=O)c1ccccc1C3=O)[C@@H]1C[C@]([C@@H](C)OC(C)=O)(C2)OB(c2ccccc2)O1. The van der Waals surface area contributed by atoms with E-state index in [1.165, 1.54) is 32.9 Å². The van der Waals surface area contributed by atoms with E-state index in [9.17, 15) is 24.0 Å². The summed E-state index contributed by atoms with van der Waals surface area (Å²) in [5.41, 5.74) is -0.0677. The summed E-state index contributed by atoms with van der Waals surface area (Å²) < 4.78 is 30.1. The Hall–Kier alpha value is -4.61. The monoisotopic (exact) mass is 582 g/mol. The topological polar surface area (TPSA) is 132 Å². The summed E-state index contributed by atoms with van der Waals surface area (Å²) >= 11 is 0. The van der Waals surface area contributed by atoms with Gasteiger partial charge >= 0.3 is 25.0 Å². The second-order valence-corrected chi connectivity index (χ2v) is 10.9. The maximum Gasteiger partial charge on any atom is 0.494 e. The average molecular weight is 582 g/mol. The zero-order chi connectivity index (χ0) is 30.6. The maximum absolute atomic E-state index is 14.0. The van der Waals surface area contributed by atoms with Crippen molar-refractivity contribution in [3.8, 4) is 11.5 Å². The predicted molar refractivity (Wildman–Crippen MR) is 151 cm³/mol. The van der Waals surface area contributed by atoms with Gasteiger partial charge < -0.3 is 23.5 Å². The highest BCUT2D eigenvalue weighted by Crippen LogP contribution is 2.55. The largest absolute Gasteiger partial charge is 0.494 e. The van der Waals surface area contributed by atoms with Crippen molar-refractivity contribution in [2.75, 3.05) is 0 Å². The van der Waals surface area contributed by atoms with Gasteiger partial charge in [0.15, 0.2) is 11.6 Å². The molecule has 0 N–H and O–H groups in total. The van der Waals surface area contributed by atoms with E-state index in [0.717, 1.165) is 0 Å². The normalized spacial score (nSPS) is 20.7. The van der Waals surface area contributed by atoms with Gasteiger partial charge in [0.1, 0.15) is 17.6 Å². The summed E-state index contributed by atoms with van der Waals surface area (Å²) in [6, 6.07) is 15.4. The molecule has 2 aliphatic carbocycles. The van der Waals surface area contributed by atoms with E-state index in [4.69, 9.17) is 23.5 Å². The second-order valence-electron chi connectivity index (χ2n) is 10.9. The van der Waals surface area contributed by atoms with Gasteiger partial charge in [-0.3, -0.25) is 24.0 Å². The summed E-state index contributed by atoms with van der Waals surface area (Å²) in [6.45, 7) is 5.35. The molecule has 0 amide bonds. The summed E-state index contributed by atoms with van der Waals surface area (Å²) in [7, 11) is -0.928. The molecule has 1 aliphatic heterocycles. The van der Waals surface area contributed by atoms with Crippen LogP contribution in [0.1, 0.15) is 83.2 Å². The van der Waals surface area contributed by atoms with Crippen LogP contribution in [0.3, 0.4) is 0 Å². The van der Waals surface area contributed by atoms with Crippen LogP contribution in [0, 0.1) is 0 Å². The summed E-state index contributed by atoms with van der Waals surface area (Å²) in [4.78, 5) is 65.1. The summed E-state index contributed by atoms with van der Waals surface area (Å²) in [6.07, 6.45) is -1.57. The highest BCUT2D eigenvalue weighted by atomic mass is 16.6. The molecule has 3 aromatic rings. The van der Waals surface area contributed by atoms with Crippen LogP contribution in [0.25, 0.3) is 0 Å². The number of esters is 3. The van der Waals surface area contributed by atoms with Crippen LogP contribution in [-0.2, 0) is 34.9 Å². The van der Waals surface area contributed by atoms with Crippen molar-refractivity contribution < 1.29 is 47.5 Å². The number of hydrogen-bond acceptors (Lipinski definition) is 10. The molecule has 3 atom stereocenters. The van der Waals surface area contributed by atoms with E-state index in [-0.39, 0.29) is 52.2 Å². The first kappa shape index (κ1) is 28.5. The minimum atomic E-state index is -1.21. The van der Waals surface area contributed by atoms with E-state index in [0.29, 0.717) is 11.0 Å². The fraction of sp³-hybridized carbons (Fsp3) is 0.281. The van der Waals surface area contributed by atoms with Crippen molar-refractivity contribution >= 4 is 42.1 Å². The molecule has 1 saturated heterocycles. The van der Waals surface area contributed by atoms with Gasteiger partial charge in [-0.25, -0.2) is 0 Å². The van der Waals surface area contributed by atoms with Crippen LogP contribution in [0.5, 0.6) is 11.5 Å². The zero-order valence-corrected chi connectivity index (χ0v) is 23.9. The van der Waals surface area contributed by atoms with Gasteiger partial charge in [0.2, 0.25) is 0 Å². The molecule has 3 aliphatic rings. The van der Waals surface area contributed by atoms with Crippen LogP contribution in [0.15, 0.2) is 54.6 Å². The van der Waals surface area contributed by atoms with Crippen LogP contribution >= 0.6 is 0 Å². The summed E-state index contributed by atoms with van der Waals surface area (Å²) in [5.74, 6) is -3.39. The zero-order valence-electron chi connectivity index (χ0n) is 23.9. The molecular formula is C32H27BO10. The molecule has 0 unspecified atom stereocenters. The highest BCUT2D eigenvalue weighted by Gasteiger charge is 2.56. The summed E-state index contributed by atoms with van der Waals surface area (Å²) in [5, 5.41) is 0. The minimum absolute atomic E-state index is 0.0206. The van der Waals surface area contributed by atoms with Crippen molar-refractivity contribution in [1.82, 2.24) is 0 Å². The second kappa shape index (κ2) is 10.6. The van der Waals surface area contributed by atoms with Crippen LogP contribution in [0.2, 0.25) is 0 Å². The minimum Gasteiger partial charge on any atom is -0.460 e. The van der Waals surface area contributed by atoms with Crippen LogP contribution < -0.4 is 14.9 Å². The number of ketones is 2. The van der Waals surface area contributed by atoms with Crippen molar-refractivity contribution in [2.24, 2.45) is 0 Å². The van der Waals surface area contributed by atoms with E-state index in [2.05, 4.69) is 0 Å². The van der Waals surface area contributed by atoms with Crippen molar-refractivity contribution in [3.05, 3.63) is 88.0 Å². The van der Waals surface area contributed by atoms with Gasteiger partial charge in [-0.2, -0.15) is 0 Å². The number of ether oxygens (including phenoxy) is 3. The van der Waals surface area contributed by atoms with Gasteiger partial charge in [-0.15, -0.1) is 0 Å². The average Bonchev–Trinajstić information content (AvgIpc) is 2.96. The van der Waals surface area contributed by atoms with E-state index in [1.807, 2.05) is 30.3 Å². The third-order valence-corrected chi connectivity index (χ3v) is 8.02. The third kappa shape index (κ3) is 4.74. The Morgan fingerprint density at radius 3 is 1.98 bits per heavy atom. The standard InChI is InChI=1S/C32H27BO10/c1-16(39-17(2)34)32-14-23-25(24(15-32)42-33(43-32)20-10-6-5-7-11-20)31(41-19(4)36)27-26(30(23)40-18(3)35)28(37)21-12-8-9-13-22(21)29(27)38/h5-13,16,24H,14-15H2,1-4H3/t16-,24+,32+/m1/s1. The first-order valence-electron chi connectivity index (χ1n) is 13.8. The Balaban J connectivity index is 1.66. The molecular weight excluding hydrogens is 555 g/mol. The molecule has 0 saturated carbocycles.